The fraction of sp³-hybridized carbons (Fsp3) is 0.667. The van der Waals surface area contributed by atoms with Crippen LogP contribution in [0.1, 0.15) is 25.3 Å². The number of hydrogen-bond acceptors (Lipinski definition) is 4. The number of halogens is 1. The van der Waals surface area contributed by atoms with E-state index < -0.39 is 0 Å². The van der Waals surface area contributed by atoms with E-state index in [2.05, 4.69) is 17.2 Å². The summed E-state index contributed by atoms with van der Waals surface area (Å²) in [5, 5.41) is 4.28. The van der Waals surface area contributed by atoms with Gasteiger partial charge in [-0.2, -0.15) is 0 Å². The van der Waals surface area contributed by atoms with Crippen molar-refractivity contribution in [3.8, 4) is 0 Å². The molecule has 0 amide bonds. The van der Waals surface area contributed by atoms with E-state index in [-0.39, 0.29) is 11.6 Å². The van der Waals surface area contributed by atoms with Gasteiger partial charge in [-0.25, -0.2) is 0 Å². The lowest BCUT2D eigenvalue weighted by molar-refractivity contribution is -0.110. The Hall–Kier alpha value is -0.680. The predicted octanol–water partition coefficient (Wildman–Crippen LogP) is 2.45. The average molecular weight is 299 g/mol. The molecule has 1 aliphatic heterocycles. The van der Waals surface area contributed by atoms with Crippen LogP contribution in [0.5, 0.6) is 0 Å². The summed E-state index contributed by atoms with van der Waals surface area (Å²) in [5.74, 6) is 0. The highest BCUT2D eigenvalue weighted by molar-refractivity contribution is 6.31. The summed E-state index contributed by atoms with van der Waals surface area (Å²) in [5.41, 5.74) is 0.927. The number of pyridine rings is 1. The number of methoxy groups -OCH3 is 1. The molecule has 1 N–H and O–H groups in total. The van der Waals surface area contributed by atoms with Gasteiger partial charge >= 0.3 is 0 Å². The SMILES string of the molecule is CCNC(Cc1ccncc1Cl)C1(OC)CCOCC1. The fourth-order valence-electron chi connectivity index (χ4n) is 2.89. The second-order valence-corrected chi connectivity index (χ2v) is 5.57. The van der Waals surface area contributed by atoms with E-state index >= 15 is 0 Å². The van der Waals surface area contributed by atoms with Crippen molar-refractivity contribution < 1.29 is 9.47 Å². The fourth-order valence-corrected chi connectivity index (χ4v) is 3.09. The summed E-state index contributed by atoms with van der Waals surface area (Å²) in [7, 11) is 1.80. The molecular weight excluding hydrogens is 276 g/mol. The molecule has 0 aliphatic carbocycles. The average Bonchev–Trinajstić information content (AvgIpc) is 2.49. The predicted molar refractivity (Wildman–Crippen MR) is 80.2 cm³/mol. The van der Waals surface area contributed by atoms with E-state index in [1.54, 1.807) is 19.5 Å². The smallest absolute Gasteiger partial charge is 0.0877 e. The molecule has 1 aliphatic rings. The van der Waals surface area contributed by atoms with Crippen LogP contribution in [0.4, 0.5) is 0 Å². The lowest BCUT2D eigenvalue weighted by atomic mass is 9.82. The van der Waals surface area contributed by atoms with E-state index in [0.717, 1.165) is 44.6 Å². The molecule has 2 heterocycles. The zero-order valence-corrected chi connectivity index (χ0v) is 12.9. The summed E-state index contributed by atoms with van der Waals surface area (Å²) < 4.78 is 11.4. The summed E-state index contributed by atoms with van der Waals surface area (Å²) >= 11 is 6.24. The molecule has 1 fully saturated rings. The second kappa shape index (κ2) is 7.36. The van der Waals surface area contributed by atoms with Crippen LogP contribution in [-0.4, -0.2) is 43.5 Å². The molecule has 20 heavy (non-hydrogen) atoms. The van der Waals surface area contributed by atoms with Crippen molar-refractivity contribution in [2.45, 2.75) is 37.8 Å². The van der Waals surface area contributed by atoms with Crippen LogP contribution in [-0.2, 0) is 15.9 Å². The Morgan fingerprint density at radius 2 is 2.25 bits per heavy atom. The molecule has 1 atom stereocenters. The van der Waals surface area contributed by atoms with Crippen LogP contribution in [0.2, 0.25) is 5.02 Å². The minimum atomic E-state index is -0.180. The third-order valence-electron chi connectivity index (χ3n) is 4.11. The quantitative estimate of drug-likeness (QED) is 0.876. The van der Waals surface area contributed by atoms with Crippen molar-refractivity contribution in [2.24, 2.45) is 0 Å². The van der Waals surface area contributed by atoms with Crippen LogP contribution < -0.4 is 5.32 Å². The standard InChI is InChI=1S/C15H23ClN2O2/c1-3-18-14(10-12-4-7-17-11-13(12)16)15(19-2)5-8-20-9-6-15/h4,7,11,14,18H,3,5-6,8-10H2,1-2H3. The molecule has 0 aromatic carbocycles. The summed E-state index contributed by atoms with van der Waals surface area (Å²) in [6.45, 7) is 4.52. The normalized spacial score (nSPS) is 19.8. The minimum Gasteiger partial charge on any atom is -0.381 e. The molecule has 4 nitrogen and oxygen atoms in total. The van der Waals surface area contributed by atoms with E-state index in [1.165, 1.54) is 0 Å². The van der Waals surface area contributed by atoms with Crippen LogP contribution in [0.3, 0.4) is 0 Å². The molecule has 2 rings (SSSR count). The van der Waals surface area contributed by atoms with Crippen molar-refractivity contribution in [3.63, 3.8) is 0 Å². The lowest BCUT2D eigenvalue weighted by Crippen LogP contribution is -2.56. The van der Waals surface area contributed by atoms with Crippen molar-refractivity contribution in [1.82, 2.24) is 10.3 Å². The van der Waals surface area contributed by atoms with Crippen LogP contribution in [0.15, 0.2) is 18.5 Å². The van der Waals surface area contributed by atoms with Crippen LogP contribution in [0, 0.1) is 0 Å². The Morgan fingerprint density at radius 3 is 2.85 bits per heavy atom. The first-order chi connectivity index (χ1) is 9.72. The summed E-state index contributed by atoms with van der Waals surface area (Å²) in [6.07, 6.45) is 6.13. The highest BCUT2D eigenvalue weighted by Crippen LogP contribution is 2.31. The van der Waals surface area contributed by atoms with Gasteiger partial charge in [0.2, 0.25) is 0 Å². The van der Waals surface area contributed by atoms with Gasteiger partial charge in [0, 0.05) is 51.6 Å². The minimum absolute atomic E-state index is 0.180. The van der Waals surface area contributed by atoms with Crippen molar-refractivity contribution in [1.29, 1.82) is 0 Å². The second-order valence-electron chi connectivity index (χ2n) is 5.16. The maximum Gasteiger partial charge on any atom is 0.0877 e. The van der Waals surface area contributed by atoms with Gasteiger partial charge in [0.25, 0.3) is 0 Å². The first kappa shape index (κ1) is 15.7. The largest absolute Gasteiger partial charge is 0.381 e. The number of aromatic nitrogens is 1. The number of nitrogens with zero attached hydrogens (tertiary/aromatic N) is 1. The maximum absolute atomic E-state index is 6.24. The van der Waals surface area contributed by atoms with Crippen molar-refractivity contribution >= 4 is 11.6 Å². The molecule has 0 saturated carbocycles. The highest BCUT2D eigenvalue weighted by atomic mass is 35.5. The number of hydrogen-bond donors (Lipinski definition) is 1. The Kier molecular flexibility index (Phi) is 5.78. The van der Waals surface area contributed by atoms with E-state index in [9.17, 15) is 0 Å². The third kappa shape index (κ3) is 3.50. The Labute approximate surface area is 125 Å². The van der Waals surface area contributed by atoms with E-state index in [4.69, 9.17) is 21.1 Å². The van der Waals surface area contributed by atoms with Crippen LogP contribution >= 0.6 is 11.6 Å². The molecular formula is C15H23ClN2O2. The Balaban J connectivity index is 2.19. The van der Waals surface area contributed by atoms with Gasteiger partial charge in [0.05, 0.1) is 10.6 Å². The molecule has 1 aromatic heterocycles. The van der Waals surface area contributed by atoms with E-state index in [1.807, 2.05) is 6.07 Å². The molecule has 1 saturated heterocycles. The van der Waals surface area contributed by atoms with Crippen molar-refractivity contribution in [3.05, 3.63) is 29.0 Å². The van der Waals surface area contributed by atoms with Crippen molar-refractivity contribution in [2.75, 3.05) is 26.9 Å². The van der Waals surface area contributed by atoms with E-state index in [0.29, 0.717) is 5.02 Å². The van der Waals surface area contributed by atoms with Gasteiger partial charge in [-0.15, -0.1) is 0 Å². The zero-order valence-electron chi connectivity index (χ0n) is 12.2. The highest BCUT2D eigenvalue weighted by Gasteiger charge is 2.40. The molecule has 0 spiro atoms. The maximum atomic E-state index is 6.24. The number of rotatable bonds is 6. The number of ether oxygens (including phenoxy) is 2. The molecule has 0 bridgehead atoms. The Bertz CT molecular complexity index is 422. The third-order valence-corrected chi connectivity index (χ3v) is 4.45. The number of likely N-dealkylation sites (N-methyl/N-ethyl adjacent to an activating group) is 1. The van der Waals surface area contributed by atoms with Gasteiger partial charge in [-0.1, -0.05) is 18.5 Å². The van der Waals surface area contributed by atoms with Gasteiger partial charge < -0.3 is 14.8 Å². The summed E-state index contributed by atoms with van der Waals surface area (Å²) in [6, 6.07) is 2.20. The monoisotopic (exact) mass is 298 g/mol. The zero-order chi connectivity index (χ0) is 14.4. The van der Waals surface area contributed by atoms with Crippen LogP contribution in [0.25, 0.3) is 0 Å². The molecule has 0 radical (unpaired) electrons. The van der Waals surface area contributed by atoms with Gasteiger partial charge in [0.1, 0.15) is 0 Å². The lowest BCUT2D eigenvalue weighted by Gasteiger charge is -2.43. The van der Waals surface area contributed by atoms with Gasteiger partial charge in [-0.05, 0) is 24.6 Å². The summed E-state index contributed by atoms with van der Waals surface area (Å²) in [4.78, 5) is 4.04. The first-order valence-electron chi connectivity index (χ1n) is 7.16. The number of nitrogens with one attached hydrogen (secondary N) is 1. The van der Waals surface area contributed by atoms with Gasteiger partial charge in [0.15, 0.2) is 0 Å². The molecule has 1 aromatic rings. The molecule has 5 heteroatoms. The Morgan fingerprint density at radius 1 is 1.50 bits per heavy atom. The first-order valence-corrected chi connectivity index (χ1v) is 7.54. The molecule has 112 valence electrons. The molecule has 1 unspecified atom stereocenters. The topological polar surface area (TPSA) is 43.4 Å². The van der Waals surface area contributed by atoms with Gasteiger partial charge in [-0.3, -0.25) is 4.98 Å².